The van der Waals surface area contributed by atoms with Gasteiger partial charge in [0.1, 0.15) is 0 Å². The van der Waals surface area contributed by atoms with E-state index in [2.05, 4.69) is 64.7 Å². The minimum Gasteiger partial charge on any atom is -0.0987 e. The molecule has 0 N–H and O–H groups in total. The number of hydrogen-bond acceptors (Lipinski definition) is 1. The van der Waals surface area contributed by atoms with Gasteiger partial charge in [-0.15, -0.1) is 0 Å². The van der Waals surface area contributed by atoms with Crippen LogP contribution in [-0.4, -0.2) is 33.5 Å². The first-order valence-electron chi connectivity index (χ1n) is 6.23. The van der Waals surface area contributed by atoms with Gasteiger partial charge in [-0.1, -0.05) is 9.34 Å². The van der Waals surface area contributed by atoms with E-state index in [1.165, 1.54) is 0 Å². The molecule has 0 aliphatic rings. The first kappa shape index (κ1) is 16.4. The van der Waals surface area contributed by atoms with Crippen LogP contribution < -0.4 is 0 Å². The quantitative estimate of drug-likeness (QED) is 0.669. The van der Waals surface area contributed by atoms with E-state index in [9.17, 15) is 0 Å². The molecule has 0 unspecified atom stereocenters. The summed E-state index contributed by atoms with van der Waals surface area (Å²) in [6, 6.07) is 2.07. The van der Waals surface area contributed by atoms with Crippen LogP contribution in [0.2, 0.25) is 0 Å². The van der Waals surface area contributed by atoms with Crippen LogP contribution in [0.5, 0.6) is 0 Å². The Morgan fingerprint density at radius 3 is 0.938 bits per heavy atom. The summed E-state index contributed by atoms with van der Waals surface area (Å²) in [5.74, 6) is 0. The van der Waals surface area contributed by atoms with Crippen molar-refractivity contribution in [3.05, 3.63) is 0 Å². The van der Waals surface area contributed by atoms with Gasteiger partial charge in [-0.25, -0.2) is 0 Å². The topological polar surface area (TPSA) is 6.48 Å². The average Bonchev–Trinajstić information content (AvgIpc) is 1.99. The lowest BCUT2D eigenvalue weighted by molar-refractivity contribution is 0.266. The second kappa shape index (κ2) is 7.00. The summed E-state index contributed by atoms with van der Waals surface area (Å²) in [5, 5.41) is 0. The lowest BCUT2D eigenvalue weighted by atomic mass is 10.3. The van der Waals surface area contributed by atoms with Crippen molar-refractivity contribution in [3.8, 4) is 0 Å². The summed E-state index contributed by atoms with van der Waals surface area (Å²) in [6.45, 7) is 17.3. The Balaban J connectivity index is 4.96. The highest BCUT2D eigenvalue weighted by Gasteiger charge is 2.38. The standard InChI is InChI=1S/C12H28N2PS/c1-9(2)13(10(3)4)15(16)14(11(5)6)12(7)8/h9-12H,1-8H3/q+1. The maximum atomic E-state index is 5.80. The van der Waals surface area contributed by atoms with Gasteiger partial charge in [0.15, 0.2) is 0 Å². The van der Waals surface area contributed by atoms with Crippen LogP contribution in [0, 0.1) is 0 Å². The molecule has 0 fully saturated rings. The van der Waals surface area contributed by atoms with Crippen LogP contribution in [0.25, 0.3) is 0 Å². The number of hydrogen-bond donors (Lipinski definition) is 0. The third kappa shape index (κ3) is 4.37. The summed E-state index contributed by atoms with van der Waals surface area (Å²) in [4.78, 5) is 0. The Morgan fingerprint density at radius 1 is 0.625 bits per heavy atom. The maximum absolute atomic E-state index is 5.80. The van der Waals surface area contributed by atoms with Gasteiger partial charge in [0.05, 0.1) is 0 Å². The van der Waals surface area contributed by atoms with Crippen molar-refractivity contribution in [2.75, 3.05) is 0 Å². The van der Waals surface area contributed by atoms with Crippen molar-refractivity contribution < 1.29 is 0 Å². The predicted molar refractivity (Wildman–Crippen MR) is 78.5 cm³/mol. The first-order valence-corrected chi connectivity index (χ1v) is 8.49. The van der Waals surface area contributed by atoms with Crippen molar-refractivity contribution in [3.63, 3.8) is 0 Å². The van der Waals surface area contributed by atoms with Gasteiger partial charge in [-0.2, -0.15) is 0 Å². The van der Waals surface area contributed by atoms with E-state index in [-0.39, 0.29) is 0 Å². The zero-order valence-electron chi connectivity index (χ0n) is 12.1. The van der Waals surface area contributed by atoms with Gasteiger partial charge >= 0.3 is 7.00 Å². The molecule has 0 radical (unpaired) electrons. The monoisotopic (exact) mass is 263 g/mol. The normalized spacial score (nSPS) is 12.9. The van der Waals surface area contributed by atoms with Gasteiger partial charge in [-0.05, 0) is 55.4 Å². The molecule has 16 heavy (non-hydrogen) atoms. The van der Waals surface area contributed by atoms with E-state index >= 15 is 0 Å². The molecule has 96 valence electrons. The lowest BCUT2D eigenvalue weighted by Gasteiger charge is -2.29. The minimum absolute atomic E-state index is 0.517. The smallest absolute Gasteiger partial charge is 0.0987 e. The van der Waals surface area contributed by atoms with Gasteiger partial charge in [0, 0.05) is 24.2 Å². The fourth-order valence-corrected chi connectivity index (χ4v) is 6.18. The molecular weight excluding hydrogens is 235 g/mol. The molecule has 0 spiro atoms. The molecule has 0 saturated heterocycles. The van der Waals surface area contributed by atoms with Crippen molar-refractivity contribution in [2.24, 2.45) is 0 Å². The fourth-order valence-electron chi connectivity index (χ4n) is 2.10. The lowest BCUT2D eigenvalue weighted by Crippen LogP contribution is -2.40. The minimum atomic E-state index is -0.615. The van der Waals surface area contributed by atoms with E-state index in [1.807, 2.05) is 0 Å². The van der Waals surface area contributed by atoms with Crippen LogP contribution in [0.1, 0.15) is 55.4 Å². The van der Waals surface area contributed by atoms with E-state index in [1.54, 1.807) is 0 Å². The van der Waals surface area contributed by atoms with Gasteiger partial charge in [-0.3, -0.25) is 0 Å². The summed E-state index contributed by atoms with van der Waals surface area (Å²) in [5.41, 5.74) is 0. The predicted octanol–water partition coefficient (Wildman–Crippen LogP) is 4.00. The molecule has 0 heterocycles. The Bertz CT molecular complexity index is 189. The molecule has 0 aromatic rings. The first-order chi connectivity index (χ1) is 7.20. The summed E-state index contributed by atoms with van der Waals surface area (Å²) < 4.78 is 4.93. The fraction of sp³-hybridized carbons (Fsp3) is 1.00. The van der Waals surface area contributed by atoms with Crippen LogP contribution >= 0.6 is 7.00 Å². The molecule has 0 aromatic carbocycles. The largest absolute Gasteiger partial charge is 0.367 e. The summed E-state index contributed by atoms with van der Waals surface area (Å²) in [7, 11) is 0. The van der Waals surface area contributed by atoms with Crippen molar-refractivity contribution in [1.29, 1.82) is 0 Å². The van der Waals surface area contributed by atoms with E-state index in [4.69, 9.17) is 11.8 Å². The van der Waals surface area contributed by atoms with Crippen molar-refractivity contribution in [1.82, 2.24) is 9.34 Å². The number of rotatable bonds is 6. The Hall–Kier alpha value is 0.440. The van der Waals surface area contributed by atoms with Gasteiger partial charge < -0.3 is 0 Å². The van der Waals surface area contributed by atoms with Gasteiger partial charge in [0.2, 0.25) is 11.8 Å². The maximum Gasteiger partial charge on any atom is 0.367 e. The summed E-state index contributed by atoms with van der Waals surface area (Å²) >= 11 is 5.80. The second-order valence-electron chi connectivity index (χ2n) is 5.39. The molecule has 0 atom stereocenters. The van der Waals surface area contributed by atoms with Crippen molar-refractivity contribution >= 4 is 18.8 Å². The zero-order valence-corrected chi connectivity index (χ0v) is 13.8. The van der Waals surface area contributed by atoms with Crippen LogP contribution in [0.15, 0.2) is 0 Å². The second-order valence-corrected chi connectivity index (χ2v) is 7.80. The SMILES string of the molecule is CC(C)N(C(C)C)[P+](=S)N(C(C)C)C(C)C. The molecule has 0 aliphatic heterocycles. The molecule has 0 aromatic heterocycles. The van der Waals surface area contributed by atoms with Crippen molar-refractivity contribution in [2.45, 2.75) is 79.6 Å². The molecule has 0 saturated carbocycles. The van der Waals surface area contributed by atoms with Crippen LogP contribution in [0.3, 0.4) is 0 Å². The summed E-state index contributed by atoms with van der Waals surface area (Å²) in [6.07, 6.45) is 0. The Labute approximate surface area is 108 Å². The van der Waals surface area contributed by atoms with E-state index < -0.39 is 7.00 Å². The molecule has 2 nitrogen and oxygen atoms in total. The molecular formula is C12H28N2PS+. The highest BCUT2D eigenvalue weighted by molar-refractivity contribution is 8.03. The molecule has 0 rings (SSSR count). The number of nitrogens with zero attached hydrogens (tertiary/aromatic N) is 2. The third-order valence-corrected chi connectivity index (χ3v) is 6.28. The third-order valence-electron chi connectivity index (χ3n) is 2.51. The zero-order chi connectivity index (χ0) is 13.0. The van der Waals surface area contributed by atoms with Gasteiger partial charge in [0.25, 0.3) is 0 Å². The molecule has 4 heteroatoms. The highest BCUT2D eigenvalue weighted by atomic mass is 32.4. The molecule has 0 aliphatic carbocycles. The van der Waals surface area contributed by atoms with E-state index in [0.29, 0.717) is 24.2 Å². The average molecular weight is 263 g/mol. The van der Waals surface area contributed by atoms with Crippen LogP contribution in [0.4, 0.5) is 0 Å². The Kier molecular flexibility index (Phi) is 7.20. The molecule has 0 amide bonds. The van der Waals surface area contributed by atoms with Crippen LogP contribution in [-0.2, 0) is 11.8 Å². The highest BCUT2D eigenvalue weighted by Crippen LogP contribution is 2.39. The Morgan fingerprint density at radius 2 is 0.812 bits per heavy atom. The van der Waals surface area contributed by atoms with E-state index in [0.717, 1.165) is 0 Å². The molecule has 0 bridgehead atoms.